The summed E-state index contributed by atoms with van der Waals surface area (Å²) in [4.78, 5) is 30.8. The fraction of sp³-hybridized carbons (Fsp3) is 0.0952. The van der Waals surface area contributed by atoms with E-state index in [0.717, 1.165) is 16.6 Å². The molecule has 28 heavy (non-hydrogen) atoms. The minimum atomic E-state index is -0.296. The van der Waals surface area contributed by atoms with Gasteiger partial charge in [-0.2, -0.15) is 0 Å². The van der Waals surface area contributed by atoms with Gasteiger partial charge in [0.1, 0.15) is 29.4 Å². The number of H-pyrrole nitrogens is 1. The quantitative estimate of drug-likeness (QED) is 0.487. The van der Waals surface area contributed by atoms with Gasteiger partial charge in [0.2, 0.25) is 6.41 Å². The highest BCUT2D eigenvalue weighted by atomic mass is 16.5. The summed E-state index contributed by atoms with van der Waals surface area (Å²) in [6, 6.07) is 18.8. The number of nitrogens with one attached hydrogen (secondary N) is 2. The lowest BCUT2D eigenvalue weighted by molar-refractivity contribution is -0.105. The number of hydrogen-bond donors (Lipinski definition) is 2. The van der Waals surface area contributed by atoms with E-state index in [2.05, 4.69) is 15.3 Å². The van der Waals surface area contributed by atoms with Gasteiger partial charge < -0.3 is 19.6 Å². The molecule has 1 amide bonds. The maximum absolute atomic E-state index is 12.4. The topological polar surface area (TPSA) is 89.0 Å². The van der Waals surface area contributed by atoms with Crippen molar-refractivity contribution >= 4 is 23.1 Å². The van der Waals surface area contributed by atoms with Crippen LogP contribution in [0.3, 0.4) is 0 Å². The van der Waals surface area contributed by atoms with Gasteiger partial charge in [0.15, 0.2) is 0 Å². The largest absolute Gasteiger partial charge is 0.487 e. The van der Waals surface area contributed by atoms with Crippen LogP contribution in [0.25, 0.3) is 11.0 Å². The van der Waals surface area contributed by atoms with E-state index in [-0.39, 0.29) is 17.8 Å². The number of aromatic amines is 1. The molecule has 0 spiro atoms. The average molecular weight is 374 g/mol. The van der Waals surface area contributed by atoms with Crippen LogP contribution in [0.5, 0.6) is 5.75 Å². The first-order valence-electron chi connectivity index (χ1n) is 8.78. The van der Waals surface area contributed by atoms with Crippen molar-refractivity contribution < 1.29 is 9.53 Å². The van der Waals surface area contributed by atoms with Crippen LogP contribution in [0.15, 0.2) is 71.7 Å². The predicted octanol–water partition coefficient (Wildman–Crippen LogP) is 2.92. The molecule has 0 bridgehead atoms. The van der Waals surface area contributed by atoms with E-state index in [0.29, 0.717) is 24.6 Å². The molecule has 0 saturated carbocycles. The number of aromatic nitrogens is 3. The third kappa shape index (κ3) is 3.64. The number of carbonyl (C=O) groups is 1. The number of anilines is 1. The number of hydrogen-bond acceptors (Lipinski definition) is 4. The Bertz CT molecular complexity index is 1170. The molecule has 0 radical (unpaired) electrons. The zero-order chi connectivity index (χ0) is 19.3. The number of imidazole rings is 1. The first kappa shape index (κ1) is 17.5. The van der Waals surface area contributed by atoms with Gasteiger partial charge in [0.05, 0.1) is 12.1 Å². The monoisotopic (exact) mass is 374 g/mol. The first-order chi connectivity index (χ1) is 13.7. The lowest BCUT2D eigenvalue weighted by Gasteiger charge is -2.07. The molecule has 7 heteroatoms. The Kier molecular flexibility index (Phi) is 4.88. The molecular formula is C21H18N4O3. The summed E-state index contributed by atoms with van der Waals surface area (Å²) >= 11 is 0. The fourth-order valence-corrected chi connectivity index (χ4v) is 2.98. The van der Waals surface area contributed by atoms with Crippen molar-refractivity contribution in [1.29, 1.82) is 0 Å². The molecule has 2 aromatic heterocycles. The molecule has 2 N–H and O–H groups in total. The summed E-state index contributed by atoms with van der Waals surface area (Å²) in [5.74, 6) is 1.32. The van der Waals surface area contributed by atoms with Gasteiger partial charge in [0.25, 0.3) is 5.56 Å². The summed E-state index contributed by atoms with van der Waals surface area (Å²) in [5, 5.41) is 2.41. The molecule has 0 atom stereocenters. The smallest absolute Gasteiger partial charge is 0.274 e. The molecule has 4 rings (SSSR count). The summed E-state index contributed by atoms with van der Waals surface area (Å²) in [6.45, 7) is 0.702. The second-order valence-corrected chi connectivity index (χ2v) is 6.23. The third-order valence-electron chi connectivity index (χ3n) is 4.32. The van der Waals surface area contributed by atoms with Crippen LogP contribution >= 0.6 is 0 Å². The number of nitrogens with zero attached hydrogens (tertiary/aromatic N) is 2. The van der Waals surface area contributed by atoms with Gasteiger partial charge in [0, 0.05) is 6.20 Å². The van der Waals surface area contributed by atoms with E-state index in [1.165, 1.54) is 4.57 Å². The van der Waals surface area contributed by atoms with Gasteiger partial charge in [-0.25, -0.2) is 4.98 Å². The van der Waals surface area contributed by atoms with Gasteiger partial charge in [-0.3, -0.25) is 9.59 Å². The highest BCUT2D eigenvalue weighted by Gasteiger charge is 2.10. The van der Waals surface area contributed by atoms with Crippen LogP contribution in [0.4, 0.5) is 5.69 Å². The Morgan fingerprint density at radius 3 is 2.75 bits per heavy atom. The van der Waals surface area contributed by atoms with E-state index in [1.54, 1.807) is 18.3 Å². The molecule has 2 aromatic carbocycles. The van der Waals surface area contributed by atoms with Crippen molar-refractivity contribution in [3.8, 4) is 5.75 Å². The van der Waals surface area contributed by atoms with E-state index in [9.17, 15) is 9.59 Å². The fourth-order valence-electron chi connectivity index (χ4n) is 2.98. The van der Waals surface area contributed by atoms with E-state index < -0.39 is 0 Å². The molecule has 0 fully saturated rings. The molecule has 0 aliphatic rings. The van der Waals surface area contributed by atoms with Crippen molar-refractivity contribution in [3.05, 3.63) is 88.6 Å². The van der Waals surface area contributed by atoms with E-state index >= 15 is 0 Å². The molecule has 2 heterocycles. The standard InChI is InChI=1S/C21H18N4O3/c26-14-22-17-9-5-11-25(21(17)27)12-19-23-16-8-4-10-18(20(16)24-19)28-13-15-6-2-1-3-7-15/h1-11,14H,12-13H2,(H,22,26)(H,23,24). The second-order valence-electron chi connectivity index (χ2n) is 6.23. The molecule has 0 aliphatic heterocycles. The van der Waals surface area contributed by atoms with Gasteiger partial charge >= 0.3 is 0 Å². The summed E-state index contributed by atoms with van der Waals surface area (Å²) in [6.07, 6.45) is 2.14. The highest BCUT2D eigenvalue weighted by Crippen LogP contribution is 2.24. The van der Waals surface area contributed by atoms with Crippen LogP contribution < -0.4 is 15.6 Å². The molecule has 7 nitrogen and oxygen atoms in total. The SMILES string of the molecule is O=CNc1cccn(Cc2nc3cccc(OCc4ccccc4)c3[nH]2)c1=O. The number of rotatable bonds is 7. The number of fused-ring (bicyclic) bond motifs is 1. The van der Waals surface area contributed by atoms with Crippen molar-refractivity contribution in [2.24, 2.45) is 0 Å². The lowest BCUT2D eigenvalue weighted by atomic mass is 10.2. The van der Waals surface area contributed by atoms with Gasteiger partial charge in [-0.05, 0) is 29.8 Å². The van der Waals surface area contributed by atoms with Crippen molar-refractivity contribution in [2.75, 3.05) is 5.32 Å². The van der Waals surface area contributed by atoms with Crippen molar-refractivity contribution in [3.63, 3.8) is 0 Å². The minimum Gasteiger partial charge on any atom is -0.487 e. The Morgan fingerprint density at radius 2 is 1.93 bits per heavy atom. The van der Waals surface area contributed by atoms with Crippen LogP contribution in [0.1, 0.15) is 11.4 Å². The number of ether oxygens (including phenoxy) is 1. The number of amides is 1. The Hall–Kier alpha value is -3.87. The van der Waals surface area contributed by atoms with Gasteiger partial charge in [-0.1, -0.05) is 36.4 Å². The molecule has 0 saturated heterocycles. The maximum atomic E-state index is 12.4. The molecule has 0 aliphatic carbocycles. The number of para-hydroxylation sites is 1. The normalized spacial score (nSPS) is 10.7. The van der Waals surface area contributed by atoms with Crippen LogP contribution in [0.2, 0.25) is 0 Å². The second kappa shape index (κ2) is 7.79. The zero-order valence-electron chi connectivity index (χ0n) is 15.0. The summed E-state index contributed by atoms with van der Waals surface area (Å²) in [5.41, 5.74) is 2.54. The van der Waals surface area contributed by atoms with E-state index in [4.69, 9.17) is 4.74 Å². The summed E-state index contributed by atoms with van der Waals surface area (Å²) in [7, 11) is 0. The zero-order valence-corrected chi connectivity index (χ0v) is 15.0. The van der Waals surface area contributed by atoms with Crippen LogP contribution in [-0.4, -0.2) is 20.9 Å². The van der Waals surface area contributed by atoms with Crippen LogP contribution in [0, 0.1) is 0 Å². The van der Waals surface area contributed by atoms with Gasteiger partial charge in [-0.15, -0.1) is 0 Å². The maximum Gasteiger partial charge on any atom is 0.274 e. The summed E-state index contributed by atoms with van der Waals surface area (Å²) < 4.78 is 7.44. The third-order valence-corrected chi connectivity index (χ3v) is 4.32. The molecular weight excluding hydrogens is 356 g/mol. The number of carbonyl (C=O) groups excluding carboxylic acids is 1. The lowest BCUT2D eigenvalue weighted by Crippen LogP contribution is -2.23. The Labute approximate surface area is 160 Å². The van der Waals surface area contributed by atoms with E-state index in [1.807, 2.05) is 48.5 Å². The minimum absolute atomic E-state index is 0.223. The van der Waals surface area contributed by atoms with Crippen molar-refractivity contribution in [2.45, 2.75) is 13.2 Å². The molecule has 140 valence electrons. The number of pyridine rings is 1. The van der Waals surface area contributed by atoms with Crippen LogP contribution in [-0.2, 0) is 17.9 Å². The Morgan fingerprint density at radius 1 is 1.07 bits per heavy atom. The highest BCUT2D eigenvalue weighted by molar-refractivity contribution is 5.81. The number of benzene rings is 2. The first-order valence-corrected chi connectivity index (χ1v) is 8.78. The molecule has 0 unspecified atom stereocenters. The van der Waals surface area contributed by atoms with Crippen molar-refractivity contribution in [1.82, 2.24) is 14.5 Å². The average Bonchev–Trinajstić information content (AvgIpc) is 3.13. The molecule has 4 aromatic rings. The predicted molar refractivity (Wildman–Crippen MR) is 106 cm³/mol. The Balaban J connectivity index is 1.59.